The van der Waals surface area contributed by atoms with Gasteiger partial charge in [-0.3, -0.25) is 0 Å². The number of aryl methyl sites for hydroxylation is 1. The van der Waals surface area contributed by atoms with Gasteiger partial charge in [-0.25, -0.2) is 4.98 Å². The van der Waals surface area contributed by atoms with E-state index in [0.29, 0.717) is 5.92 Å². The number of anilines is 1. The molecule has 1 atom stereocenters. The van der Waals surface area contributed by atoms with Gasteiger partial charge in [-0.2, -0.15) is 4.37 Å². The predicted molar refractivity (Wildman–Crippen MR) is 71.5 cm³/mol. The fourth-order valence-corrected chi connectivity index (χ4v) is 2.16. The van der Waals surface area contributed by atoms with Crippen molar-refractivity contribution in [2.45, 2.75) is 39.5 Å². The lowest BCUT2D eigenvalue weighted by atomic mass is 10.1. The van der Waals surface area contributed by atoms with Gasteiger partial charge in [0.2, 0.25) is 5.13 Å². The second-order valence-electron chi connectivity index (χ2n) is 4.09. The van der Waals surface area contributed by atoms with Crippen LogP contribution in [-0.4, -0.2) is 21.8 Å². The Hall–Kier alpha value is -0.350. The molecular formula is C11H20ClN3S. The van der Waals surface area contributed by atoms with Crippen LogP contribution >= 0.6 is 23.1 Å². The van der Waals surface area contributed by atoms with E-state index in [2.05, 4.69) is 28.5 Å². The Bertz CT molecular complexity index is 291. The highest BCUT2D eigenvalue weighted by Crippen LogP contribution is 2.13. The second kappa shape index (κ2) is 7.85. The summed E-state index contributed by atoms with van der Waals surface area (Å²) < 4.78 is 4.28. The van der Waals surface area contributed by atoms with Crippen LogP contribution in [0.15, 0.2) is 0 Å². The minimum Gasteiger partial charge on any atom is -0.360 e. The Balaban J connectivity index is 2.16. The van der Waals surface area contributed by atoms with Crippen molar-refractivity contribution in [1.29, 1.82) is 0 Å². The molecule has 5 heteroatoms. The van der Waals surface area contributed by atoms with Crippen molar-refractivity contribution >= 4 is 28.3 Å². The van der Waals surface area contributed by atoms with E-state index >= 15 is 0 Å². The van der Waals surface area contributed by atoms with Gasteiger partial charge in [-0.05, 0) is 25.2 Å². The summed E-state index contributed by atoms with van der Waals surface area (Å²) in [5.41, 5.74) is 0. The van der Waals surface area contributed by atoms with Crippen molar-refractivity contribution in [2.24, 2.45) is 5.92 Å². The predicted octanol–water partition coefficient (Wildman–Crippen LogP) is 3.56. The van der Waals surface area contributed by atoms with Gasteiger partial charge in [-0.1, -0.05) is 13.8 Å². The summed E-state index contributed by atoms with van der Waals surface area (Å²) in [6.07, 6.45) is 4.37. The zero-order valence-electron chi connectivity index (χ0n) is 10.0. The van der Waals surface area contributed by atoms with Crippen LogP contribution in [0, 0.1) is 5.92 Å². The molecule has 0 aliphatic rings. The van der Waals surface area contributed by atoms with E-state index in [1.165, 1.54) is 11.5 Å². The SMILES string of the molecule is CCCc1nsc(NCCCC(C)CCl)n1. The fourth-order valence-electron chi connectivity index (χ4n) is 1.37. The van der Waals surface area contributed by atoms with E-state index in [9.17, 15) is 0 Å². The maximum Gasteiger partial charge on any atom is 0.202 e. The van der Waals surface area contributed by atoms with Gasteiger partial charge in [0.05, 0.1) is 0 Å². The highest BCUT2D eigenvalue weighted by atomic mass is 35.5. The number of nitrogens with zero attached hydrogens (tertiary/aromatic N) is 2. The molecule has 1 N–H and O–H groups in total. The van der Waals surface area contributed by atoms with Gasteiger partial charge in [0.1, 0.15) is 5.82 Å². The molecule has 0 aromatic carbocycles. The average molecular weight is 262 g/mol. The second-order valence-corrected chi connectivity index (χ2v) is 5.15. The molecule has 1 aromatic heterocycles. The van der Waals surface area contributed by atoms with E-state index in [1.807, 2.05) is 0 Å². The molecule has 1 heterocycles. The van der Waals surface area contributed by atoms with E-state index in [1.54, 1.807) is 0 Å². The fraction of sp³-hybridized carbons (Fsp3) is 0.818. The van der Waals surface area contributed by atoms with E-state index in [0.717, 1.165) is 49.1 Å². The number of nitrogens with one attached hydrogen (secondary N) is 1. The smallest absolute Gasteiger partial charge is 0.202 e. The minimum absolute atomic E-state index is 0.605. The first-order valence-corrected chi connectivity index (χ1v) is 7.19. The van der Waals surface area contributed by atoms with Crippen molar-refractivity contribution in [1.82, 2.24) is 9.36 Å². The lowest BCUT2D eigenvalue weighted by Gasteiger charge is -2.06. The maximum atomic E-state index is 5.75. The third-order valence-corrected chi connectivity index (χ3v) is 3.59. The molecular weight excluding hydrogens is 242 g/mol. The number of halogens is 1. The molecule has 92 valence electrons. The number of hydrogen-bond acceptors (Lipinski definition) is 4. The lowest BCUT2D eigenvalue weighted by molar-refractivity contribution is 0.572. The van der Waals surface area contributed by atoms with Gasteiger partial charge in [0, 0.05) is 30.4 Å². The largest absolute Gasteiger partial charge is 0.360 e. The Morgan fingerprint density at radius 2 is 2.31 bits per heavy atom. The zero-order valence-corrected chi connectivity index (χ0v) is 11.6. The Morgan fingerprint density at radius 3 is 3.00 bits per heavy atom. The van der Waals surface area contributed by atoms with Crippen molar-refractivity contribution in [2.75, 3.05) is 17.7 Å². The van der Waals surface area contributed by atoms with Crippen molar-refractivity contribution < 1.29 is 0 Å². The standard InChI is InChI=1S/C11H20ClN3S/c1-3-5-10-14-11(16-15-10)13-7-4-6-9(2)8-12/h9H,3-8H2,1-2H3,(H,13,14,15). The molecule has 3 nitrogen and oxygen atoms in total. The molecule has 0 fully saturated rings. The molecule has 0 spiro atoms. The molecule has 0 radical (unpaired) electrons. The minimum atomic E-state index is 0.605. The molecule has 1 rings (SSSR count). The zero-order chi connectivity index (χ0) is 11.8. The van der Waals surface area contributed by atoms with Crippen LogP contribution in [0.1, 0.15) is 38.9 Å². The normalized spacial score (nSPS) is 12.7. The van der Waals surface area contributed by atoms with Crippen LogP contribution in [-0.2, 0) is 6.42 Å². The van der Waals surface area contributed by atoms with E-state index < -0.39 is 0 Å². The van der Waals surface area contributed by atoms with Gasteiger partial charge in [0.25, 0.3) is 0 Å². The van der Waals surface area contributed by atoms with Crippen LogP contribution in [0.2, 0.25) is 0 Å². The van der Waals surface area contributed by atoms with Crippen LogP contribution in [0.4, 0.5) is 5.13 Å². The number of hydrogen-bond donors (Lipinski definition) is 1. The summed E-state index contributed by atoms with van der Waals surface area (Å²) in [4.78, 5) is 4.41. The molecule has 0 aliphatic heterocycles. The Kier molecular flexibility index (Phi) is 6.73. The van der Waals surface area contributed by atoms with E-state index in [4.69, 9.17) is 11.6 Å². The molecule has 0 saturated carbocycles. The summed E-state index contributed by atoms with van der Waals surface area (Å²) in [5, 5.41) is 4.25. The van der Waals surface area contributed by atoms with Gasteiger partial charge >= 0.3 is 0 Å². The third kappa shape index (κ3) is 5.12. The monoisotopic (exact) mass is 261 g/mol. The van der Waals surface area contributed by atoms with Gasteiger partial charge < -0.3 is 5.32 Å². The molecule has 0 bridgehead atoms. The van der Waals surface area contributed by atoms with Crippen molar-refractivity contribution in [3.8, 4) is 0 Å². The number of alkyl halides is 1. The highest BCUT2D eigenvalue weighted by molar-refractivity contribution is 7.09. The summed E-state index contributed by atoms with van der Waals surface area (Å²) in [6.45, 7) is 5.28. The van der Waals surface area contributed by atoms with Gasteiger partial charge in [-0.15, -0.1) is 11.6 Å². The summed E-state index contributed by atoms with van der Waals surface area (Å²) >= 11 is 7.20. The summed E-state index contributed by atoms with van der Waals surface area (Å²) in [5.74, 6) is 2.32. The van der Waals surface area contributed by atoms with E-state index in [-0.39, 0.29) is 0 Å². The number of rotatable bonds is 8. The maximum absolute atomic E-state index is 5.75. The quantitative estimate of drug-likeness (QED) is 0.574. The first-order chi connectivity index (χ1) is 7.76. The molecule has 0 saturated heterocycles. The highest BCUT2D eigenvalue weighted by Gasteiger charge is 2.03. The Morgan fingerprint density at radius 1 is 1.50 bits per heavy atom. The first kappa shape index (κ1) is 13.7. The average Bonchev–Trinajstić information content (AvgIpc) is 2.72. The van der Waals surface area contributed by atoms with Crippen LogP contribution in [0.5, 0.6) is 0 Å². The van der Waals surface area contributed by atoms with Gasteiger partial charge in [0.15, 0.2) is 0 Å². The van der Waals surface area contributed by atoms with Crippen molar-refractivity contribution in [3.63, 3.8) is 0 Å². The number of aromatic nitrogens is 2. The summed E-state index contributed by atoms with van der Waals surface area (Å²) in [7, 11) is 0. The topological polar surface area (TPSA) is 37.8 Å². The lowest BCUT2D eigenvalue weighted by Crippen LogP contribution is -2.04. The Labute approximate surface area is 107 Å². The van der Waals surface area contributed by atoms with Crippen LogP contribution in [0.3, 0.4) is 0 Å². The molecule has 0 amide bonds. The molecule has 16 heavy (non-hydrogen) atoms. The molecule has 1 aromatic rings. The third-order valence-electron chi connectivity index (χ3n) is 2.36. The van der Waals surface area contributed by atoms with Crippen LogP contribution < -0.4 is 5.32 Å². The first-order valence-electron chi connectivity index (χ1n) is 5.88. The van der Waals surface area contributed by atoms with Crippen LogP contribution in [0.25, 0.3) is 0 Å². The molecule has 1 unspecified atom stereocenters. The summed E-state index contributed by atoms with van der Waals surface area (Å²) in [6, 6.07) is 0. The molecule has 0 aliphatic carbocycles. The van der Waals surface area contributed by atoms with Crippen molar-refractivity contribution in [3.05, 3.63) is 5.82 Å².